The van der Waals surface area contributed by atoms with E-state index >= 15 is 0 Å². The number of aromatic nitrogens is 1. The zero-order valence-corrected chi connectivity index (χ0v) is 18.2. The molecule has 8 heteroatoms. The molecule has 0 aliphatic carbocycles. The first kappa shape index (κ1) is 20.9. The molecule has 1 atom stereocenters. The highest BCUT2D eigenvalue weighted by Gasteiger charge is 2.26. The second kappa shape index (κ2) is 9.64. The Bertz CT molecular complexity index is 1000. The molecule has 1 saturated heterocycles. The summed E-state index contributed by atoms with van der Waals surface area (Å²) in [6, 6.07) is 12.7. The normalized spacial score (nSPS) is 16.0. The molecule has 0 saturated carbocycles. The maximum absolute atomic E-state index is 13.1. The van der Waals surface area contributed by atoms with Crippen molar-refractivity contribution in [2.45, 2.75) is 25.9 Å². The fraction of sp³-hybridized carbons (Fsp3) is 0.364. The predicted molar refractivity (Wildman–Crippen MR) is 119 cm³/mol. The van der Waals surface area contributed by atoms with Gasteiger partial charge in [0.15, 0.2) is 11.7 Å². The molecule has 1 fully saturated rings. The van der Waals surface area contributed by atoms with Crippen molar-refractivity contribution in [2.24, 2.45) is 0 Å². The van der Waals surface area contributed by atoms with Crippen LogP contribution in [0.2, 0.25) is 5.02 Å². The lowest BCUT2D eigenvalue weighted by molar-refractivity contribution is -0.120. The van der Waals surface area contributed by atoms with Crippen LogP contribution in [0, 0.1) is 0 Å². The summed E-state index contributed by atoms with van der Waals surface area (Å²) in [4.78, 5) is 19.4. The molecule has 1 unspecified atom stereocenters. The van der Waals surface area contributed by atoms with Crippen LogP contribution in [0.3, 0.4) is 0 Å². The molecular formula is C22H23ClN2O4S. The maximum Gasteiger partial charge on any atom is 0.266 e. The average Bonchev–Trinajstić information content (AvgIpc) is 3.41. The molecule has 1 aliphatic rings. The summed E-state index contributed by atoms with van der Waals surface area (Å²) in [6.45, 7) is 3.65. The molecule has 158 valence electrons. The molecule has 2 heterocycles. The minimum absolute atomic E-state index is 0.00970. The van der Waals surface area contributed by atoms with Gasteiger partial charge in [0.25, 0.3) is 5.91 Å². The number of carbonyl (C=O) groups is 1. The highest BCUT2D eigenvalue weighted by Crippen LogP contribution is 2.32. The number of rotatable bonds is 8. The molecule has 2 aromatic carbocycles. The van der Waals surface area contributed by atoms with Gasteiger partial charge >= 0.3 is 0 Å². The quantitative estimate of drug-likeness (QED) is 0.490. The molecule has 0 N–H and O–H groups in total. The first-order valence-corrected chi connectivity index (χ1v) is 11.2. The number of carbonyl (C=O) groups excluding carboxylic acids is 1. The molecule has 1 aliphatic heterocycles. The van der Waals surface area contributed by atoms with Crippen molar-refractivity contribution in [3.05, 3.63) is 47.5 Å². The van der Waals surface area contributed by atoms with Crippen LogP contribution in [-0.4, -0.2) is 43.4 Å². The number of fused-ring (bicyclic) bond motifs is 1. The Labute approximate surface area is 184 Å². The monoisotopic (exact) mass is 446 g/mol. The van der Waals surface area contributed by atoms with Gasteiger partial charge < -0.3 is 14.2 Å². The van der Waals surface area contributed by atoms with Gasteiger partial charge in [-0.2, -0.15) is 0 Å². The van der Waals surface area contributed by atoms with Gasteiger partial charge in [-0.05, 0) is 62.2 Å². The zero-order valence-electron chi connectivity index (χ0n) is 16.7. The summed E-state index contributed by atoms with van der Waals surface area (Å²) < 4.78 is 18.0. The van der Waals surface area contributed by atoms with E-state index in [-0.39, 0.29) is 18.6 Å². The van der Waals surface area contributed by atoms with E-state index in [1.54, 1.807) is 29.2 Å². The van der Waals surface area contributed by atoms with Crippen molar-refractivity contribution in [3.63, 3.8) is 0 Å². The lowest BCUT2D eigenvalue weighted by Gasteiger charge is -2.23. The van der Waals surface area contributed by atoms with Crippen molar-refractivity contribution in [1.29, 1.82) is 0 Å². The van der Waals surface area contributed by atoms with E-state index in [9.17, 15) is 4.79 Å². The smallest absolute Gasteiger partial charge is 0.266 e. The lowest BCUT2D eigenvalue weighted by atomic mass is 10.2. The number of hydrogen-bond donors (Lipinski definition) is 0. The van der Waals surface area contributed by atoms with Gasteiger partial charge in [-0.1, -0.05) is 22.9 Å². The minimum atomic E-state index is -0.162. The van der Waals surface area contributed by atoms with E-state index in [0.717, 1.165) is 35.4 Å². The van der Waals surface area contributed by atoms with Gasteiger partial charge in [0.1, 0.15) is 11.5 Å². The van der Waals surface area contributed by atoms with Gasteiger partial charge in [-0.15, -0.1) is 0 Å². The molecular weight excluding hydrogens is 424 g/mol. The van der Waals surface area contributed by atoms with Crippen LogP contribution in [0.15, 0.2) is 42.5 Å². The fourth-order valence-electron chi connectivity index (χ4n) is 3.30. The second-order valence-corrected chi connectivity index (χ2v) is 8.39. The van der Waals surface area contributed by atoms with Crippen molar-refractivity contribution >= 4 is 44.2 Å². The highest BCUT2D eigenvalue weighted by atomic mass is 35.5. The van der Waals surface area contributed by atoms with Gasteiger partial charge in [-0.3, -0.25) is 9.69 Å². The maximum atomic E-state index is 13.1. The Morgan fingerprint density at radius 1 is 1.23 bits per heavy atom. The van der Waals surface area contributed by atoms with Crippen molar-refractivity contribution in [3.8, 4) is 11.5 Å². The summed E-state index contributed by atoms with van der Waals surface area (Å²) in [7, 11) is 0. The summed E-state index contributed by atoms with van der Waals surface area (Å²) in [5, 5.41) is 1.26. The van der Waals surface area contributed by atoms with Crippen molar-refractivity contribution < 1.29 is 19.0 Å². The summed E-state index contributed by atoms with van der Waals surface area (Å²) in [6.07, 6.45) is 1.95. The topological polar surface area (TPSA) is 60.9 Å². The molecule has 30 heavy (non-hydrogen) atoms. The number of nitrogens with zero attached hydrogens (tertiary/aromatic N) is 2. The minimum Gasteiger partial charge on any atom is -0.494 e. The average molecular weight is 447 g/mol. The van der Waals surface area contributed by atoms with E-state index < -0.39 is 0 Å². The third kappa shape index (κ3) is 5.03. The highest BCUT2D eigenvalue weighted by molar-refractivity contribution is 7.22. The van der Waals surface area contributed by atoms with E-state index in [1.165, 1.54) is 11.3 Å². The molecule has 3 aromatic rings. The fourth-order valence-corrected chi connectivity index (χ4v) is 4.44. The Morgan fingerprint density at radius 2 is 2.03 bits per heavy atom. The Kier molecular flexibility index (Phi) is 6.72. The summed E-state index contributed by atoms with van der Waals surface area (Å²) >= 11 is 7.38. The number of anilines is 1. The SMILES string of the molecule is CCOc1ccc2nc(N(CC3CCCO3)C(=O)COc3ccc(Cl)cc3)sc2c1. The zero-order chi connectivity index (χ0) is 20.9. The lowest BCUT2D eigenvalue weighted by Crippen LogP contribution is -2.40. The van der Waals surface area contributed by atoms with E-state index in [1.807, 2.05) is 25.1 Å². The number of halogens is 1. The number of amides is 1. The molecule has 1 aromatic heterocycles. The van der Waals surface area contributed by atoms with E-state index in [2.05, 4.69) is 4.98 Å². The summed E-state index contributed by atoms with van der Waals surface area (Å²) in [5.74, 6) is 1.23. The number of benzene rings is 2. The molecule has 0 radical (unpaired) electrons. The third-order valence-electron chi connectivity index (χ3n) is 4.78. The Balaban J connectivity index is 1.54. The van der Waals surface area contributed by atoms with Crippen LogP contribution < -0.4 is 14.4 Å². The number of hydrogen-bond acceptors (Lipinski definition) is 6. The van der Waals surface area contributed by atoms with Crippen LogP contribution >= 0.6 is 22.9 Å². The van der Waals surface area contributed by atoms with Crippen molar-refractivity contribution in [2.75, 3.05) is 31.3 Å². The Morgan fingerprint density at radius 3 is 2.77 bits per heavy atom. The van der Waals surface area contributed by atoms with E-state index in [4.69, 9.17) is 25.8 Å². The third-order valence-corrected chi connectivity index (χ3v) is 6.07. The Hall–Kier alpha value is -2.35. The van der Waals surface area contributed by atoms with Gasteiger partial charge in [0.2, 0.25) is 0 Å². The second-order valence-electron chi connectivity index (χ2n) is 6.94. The van der Waals surface area contributed by atoms with Crippen LogP contribution in [0.5, 0.6) is 11.5 Å². The van der Waals surface area contributed by atoms with Crippen LogP contribution in [0.25, 0.3) is 10.2 Å². The first-order valence-electron chi connectivity index (χ1n) is 9.96. The molecule has 6 nitrogen and oxygen atoms in total. The first-order chi connectivity index (χ1) is 14.6. The van der Waals surface area contributed by atoms with Gasteiger partial charge in [-0.25, -0.2) is 4.98 Å². The van der Waals surface area contributed by atoms with Gasteiger partial charge in [0.05, 0.1) is 29.5 Å². The van der Waals surface area contributed by atoms with Crippen LogP contribution in [-0.2, 0) is 9.53 Å². The van der Waals surface area contributed by atoms with Gasteiger partial charge in [0, 0.05) is 11.6 Å². The molecule has 0 bridgehead atoms. The van der Waals surface area contributed by atoms with Crippen LogP contribution in [0.4, 0.5) is 5.13 Å². The number of ether oxygens (including phenoxy) is 3. The molecule has 4 rings (SSSR count). The standard InChI is InChI=1S/C22H23ClN2O4S/c1-2-27-17-9-10-19-20(12-17)30-22(24-19)25(13-18-4-3-11-28-18)21(26)14-29-16-7-5-15(23)6-8-16/h5-10,12,18H,2-4,11,13-14H2,1H3. The summed E-state index contributed by atoms with van der Waals surface area (Å²) in [5.41, 5.74) is 0.835. The molecule has 0 spiro atoms. The van der Waals surface area contributed by atoms with Crippen LogP contribution in [0.1, 0.15) is 19.8 Å². The van der Waals surface area contributed by atoms with E-state index in [0.29, 0.717) is 29.1 Å². The molecule has 1 amide bonds. The predicted octanol–water partition coefficient (Wildman–Crippen LogP) is 4.94. The number of thiazole rings is 1. The largest absolute Gasteiger partial charge is 0.494 e. The van der Waals surface area contributed by atoms with Crippen molar-refractivity contribution in [1.82, 2.24) is 4.98 Å².